The third kappa shape index (κ3) is 4.49. The second-order valence-electron chi connectivity index (χ2n) is 7.18. The summed E-state index contributed by atoms with van der Waals surface area (Å²) in [5.41, 5.74) is 7.25. The van der Waals surface area contributed by atoms with Crippen LogP contribution in [0, 0.1) is 5.92 Å². The van der Waals surface area contributed by atoms with Gasteiger partial charge in [-0.05, 0) is 41.5 Å². The Morgan fingerprint density at radius 1 is 1.12 bits per heavy atom. The predicted octanol–water partition coefficient (Wildman–Crippen LogP) is 0.614. The van der Waals surface area contributed by atoms with Crippen LogP contribution >= 0.6 is 0 Å². The van der Waals surface area contributed by atoms with Gasteiger partial charge in [0, 0.05) is 5.92 Å². The van der Waals surface area contributed by atoms with Crippen LogP contribution in [0.4, 0.5) is 0 Å². The maximum Gasteiger partial charge on any atom is 0.0828 e. The number of allylic oxidation sites excluding steroid dienone is 7. The number of quaternary nitrogens is 1. The summed E-state index contributed by atoms with van der Waals surface area (Å²) in [6.45, 7) is 3.48. The summed E-state index contributed by atoms with van der Waals surface area (Å²) in [5, 5.41) is 0. The molecule has 0 aliphatic heterocycles. The summed E-state index contributed by atoms with van der Waals surface area (Å²) < 4.78 is 0. The molecule has 2 aliphatic rings. The summed E-state index contributed by atoms with van der Waals surface area (Å²) in [6, 6.07) is 8.92. The molecular weight excluding hydrogens is 314 g/mol. The predicted molar refractivity (Wildman–Crippen MR) is 99.5 cm³/mol. The number of hydrogen-bond acceptors (Lipinski definition) is 0. The molecule has 1 atom stereocenters. The van der Waals surface area contributed by atoms with Gasteiger partial charge in [-0.2, -0.15) is 0 Å². The molecule has 0 saturated carbocycles. The lowest BCUT2D eigenvalue weighted by molar-refractivity contribution is -0.860. The van der Waals surface area contributed by atoms with E-state index in [1.165, 1.54) is 40.0 Å². The summed E-state index contributed by atoms with van der Waals surface area (Å²) >= 11 is 0. The Kier molecular flexibility index (Phi) is 6.65. The zero-order valence-corrected chi connectivity index (χ0v) is 15.7. The number of halogens is 1. The van der Waals surface area contributed by atoms with Crippen LogP contribution < -0.4 is 17.3 Å². The zero-order valence-electron chi connectivity index (χ0n) is 15.0. The van der Waals surface area contributed by atoms with Crippen LogP contribution in [0.2, 0.25) is 0 Å². The third-order valence-corrected chi connectivity index (χ3v) is 4.69. The van der Waals surface area contributed by atoms with Gasteiger partial charge < -0.3 is 17.3 Å². The molecular formula is C22H28ClN. The van der Waals surface area contributed by atoms with Crippen LogP contribution in [-0.2, 0) is 6.42 Å². The monoisotopic (exact) mass is 341 g/mol. The van der Waals surface area contributed by atoms with Crippen LogP contribution in [0.15, 0.2) is 65.8 Å². The molecule has 0 bridgehead atoms. The minimum absolute atomic E-state index is 0. The third-order valence-electron chi connectivity index (χ3n) is 4.69. The molecule has 0 radical (unpaired) electrons. The molecule has 1 aromatic carbocycles. The van der Waals surface area contributed by atoms with Crippen LogP contribution in [0.25, 0.3) is 5.57 Å². The van der Waals surface area contributed by atoms with Crippen molar-refractivity contribution in [2.45, 2.75) is 26.2 Å². The van der Waals surface area contributed by atoms with Gasteiger partial charge in [0.15, 0.2) is 0 Å². The second kappa shape index (κ2) is 8.50. The number of hydrogen-bond donors (Lipinski definition) is 1. The molecule has 0 saturated heterocycles. The van der Waals surface area contributed by atoms with Crippen LogP contribution in [-0.4, -0.2) is 20.6 Å². The zero-order chi connectivity index (χ0) is 16.2. The Morgan fingerprint density at radius 3 is 2.71 bits per heavy atom. The van der Waals surface area contributed by atoms with Crippen LogP contribution in [0.5, 0.6) is 0 Å². The molecule has 0 heterocycles. The van der Waals surface area contributed by atoms with Crippen molar-refractivity contribution in [3.8, 4) is 0 Å². The quantitative estimate of drug-likeness (QED) is 0.822. The van der Waals surface area contributed by atoms with Gasteiger partial charge in [0.2, 0.25) is 0 Å². The lowest BCUT2D eigenvalue weighted by Gasteiger charge is -2.20. The minimum Gasteiger partial charge on any atom is -1.00 e. The lowest BCUT2D eigenvalue weighted by atomic mass is 9.85. The van der Waals surface area contributed by atoms with Crippen molar-refractivity contribution >= 4 is 5.57 Å². The van der Waals surface area contributed by atoms with Gasteiger partial charge in [0.05, 0.1) is 20.6 Å². The fourth-order valence-electron chi connectivity index (χ4n) is 3.70. The Morgan fingerprint density at radius 2 is 1.92 bits per heavy atom. The molecule has 1 N–H and O–H groups in total. The number of rotatable bonds is 3. The van der Waals surface area contributed by atoms with Gasteiger partial charge >= 0.3 is 0 Å². The van der Waals surface area contributed by atoms with Gasteiger partial charge in [-0.3, -0.25) is 0 Å². The van der Waals surface area contributed by atoms with Crippen molar-refractivity contribution in [3.63, 3.8) is 0 Å². The number of fused-ring (bicyclic) bond motifs is 1. The topological polar surface area (TPSA) is 4.44 Å². The molecule has 1 nitrogen and oxygen atoms in total. The van der Waals surface area contributed by atoms with E-state index < -0.39 is 0 Å². The molecule has 3 rings (SSSR count). The molecule has 0 amide bonds. The molecule has 128 valence electrons. The van der Waals surface area contributed by atoms with Crippen molar-refractivity contribution < 1.29 is 17.3 Å². The van der Waals surface area contributed by atoms with Gasteiger partial charge in [0.1, 0.15) is 0 Å². The van der Waals surface area contributed by atoms with E-state index in [4.69, 9.17) is 0 Å². The van der Waals surface area contributed by atoms with E-state index in [2.05, 4.69) is 75.7 Å². The van der Waals surface area contributed by atoms with Gasteiger partial charge in [-0.25, -0.2) is 0 Å². The van der Waals surface area contributed by atoms with E-state index >= 15 is 0 Å². The van der Waals surface area contributed by atoms with Crippen LogP contribution in [0.3, 0.4) is 0 Å². The van der Waals surface area contributed by atoms with Crippen molar-refractivity contribution in [1.29, 1.82) is 0 Å². The molecule has 1 aromatic rings. The standard InChI is InChI=1S/C22H27N.ClH/c1-17(16-23(2)3)14-21-13-12-18-8-4-5-9-19(18)15-20-10-6-7-11-22(20)21;/h4,6-8,10-14,17H,5,9,15-16H2,1-3H3;1H/b13-12-,21-14-;. The van der Waals surface area contributed by atoms with Gasteiger partial charge in [-0.15, -0.1) is 0 Å². The maximum absolute atomic E-state index is 2.44. The molecule has 2 heteroatoms. The first kappa shape index (κ1) is 18.8. The summed E-state index contributed by atoms with van der Waals surface area (Å²) in [6.07, 6.45) is 15.2. The highest BCUT2D eigenvalue weighted by molar-refractivity contribution is 5.78. The fourth-order valence-corrected chi connectivity index (χ4v) is 3.70. The van der Waals surface area contributed by atoms with Crippen LogP contribution in [0.1, 0.15) is 30.9 Å². The van der Waals surface area contributed by atoms with E-state index in [1.54, 1.807) is 5.57 Å². The smallest absolute Gasteiger partial charge is 0.0828 e. The van der Waals surface area contributed by atoms with E-state index in [9.17, 15) is 0 Å². The first-order valence-electron chi connectivity index (χ1n) is 8.79. The average Bonchev–Trinajstić information content (AvgIpc) is 2.51. The van der Waals surface area contributed by atoms with Crippen molar-refractivity contribution in [2.24, 2.45) is 5.92 Å². The highest BCUT2D eigenvalue weighted by Crippen LogP contribution is 2.31. The number of benzene rings is 1. The molecule has 24 heavy (non-hydrogen) atoms. The first-order valence-corrected chi connectivity index (χ1v) is 8.79. The summed E-state index contributed by atoms with van der Waals surface area (Å²) in [7, 11) is 4.45. The lowest BCUT2D eigenvalue weighted by Crippen LogP contribution is -3.06. The largest absolute Gasteiger partial charge is 1.00 e. The Hall–Kier alpha value is -1.57. The Labute approximate surface area is 152 Å². The van der Waals surface area contributed by atoms with E-state index in [0.717, 1.165) is 13.0 Å². The first-order chi connectivity index (χ1) is 11.1. The summed E-state index contributed by atoms with van der Waals surface area (Å²) in [4.78, 5) is 1.50. The normalized spacial score (nSPS) is 20.8. The molecule has 1 unspecified atom stereocenters. The van der Waals surface area contributed by atoms with E-state index in [1.807, 2.05) is 0 Å². The molecule has 0 spiro atoms. The molecule has 0 aromatic heterocycles. The van der Waals surface area contributed by atoms with E-state index in [0.29, 0.717) is 5.92 Å². The Balaban J connectivity index is 0.00000208. The summed E-state index contributed by atoms with van der Waals surface area (Å²) in [5.74, 6) is 0.572. The maximum atomic E-state index is 2.44. The molecule has 2 aliphatic carbocycles. The average molecular weight is 342 g/mol. The SMILES string of the molecule is CC(/C=C1/C=C\C2=C(CCC=C2)Cc2ccccc21)C[NH+](C)C.[Cl-]. The number of nitrogens with one attached hydrogen (secondary N) is 1. The van der Waals surface area contributed by atoms with Gasteiger partial charge in [0.25, 0.3) is 0 Å². The highest BCUT2D eigenvalue weighted by atomic mass is 35.5. The second-order valence-corrected chi connectivity index (χ2v) is 7.18. The fraction of sp³-hybridized carbons (Fsp3) is 0.364. The van der Waals surface area contributed by atoms with Crippen molar-refractivity contribution in [3.05, 3.63) is 76.9 Å². The Bertz CT molecular complexity index is 692. The minimum atomic E-state index is 0. The van der Waals surface area contributed by atoms with Crippen molar-refractivity contribution in [2.75, 3.05) is 20.6 Å². The van der Waals surface area contributed by atoms with Crippen molar-refractivity contribution in [1.82, 2.24) is 0 Å². The molecule has 0 fully saturated rings. The van der Waals surface area contributed by atoms with E-state index in [-0.39, 0.29) is 12.4 Å². The highest BCUT2D eigenvalue weighted by Gasteiger charge is 2.15. The van der Waals surface area contributed by atoms with Gasteiger partial charge in [-0.1, -0.05) is 67.1 Å².